The third-order valence-corrected chi connectivity index (χ3v) is 3.13. The summed E-state index contributed by atoms with van der Waals surface area (Å²) in [4.78, 5) is 10.9. The molecule has 1 aliphatic heterocycles. The molecule has 2 rings (SSSR count). The van der Waals surface area contributed by atoms with Crippen LogP contribution in [0.25, 0.3) is 0 Å². The monoisotopic (exact) mass is 235 g/mol. The molecule has 0 atom stereocenters. The fourth-order valence-corrected chi connectivity index (χ4v) is 2.06. The van der Waals surface area contributed by atoms with Crippen LogP contribution in [0.2, 0.25) is 0 Å². The summed E-state index contributed by atoms with van der Waals surface area (Å²) in [6.45, 7) is 5.79. The maximum atomic E-state index is 8.36. The zero-order chi connectivity index (χ0) is 12.5. The van der Waals surface area contributed by atoms with E-state index in [1.165, 1.54) is 31.5 Å². The standard InChI is InChI=1S/C13H19N.CH2O2/c1-12-7-9-14(10-8-12)11-13-5-3-2-4-6-13;2-1-3/h2-6,12H,7-11H2,1H3;1H,(H,2,3). The van der Waals surface area contributed by atoms with Crippen LogP contribution < -0.4 is 0 Å². The van der Waals surface area contributed by atoms with Gasteiger partial charge in [0.25, 0.3) is 6.47 Å². The molecule has 1 saturated heterocycles. The van der Waals surface area contributed by atoms with Crippen LogP contribution in [0.4, 0.5) is 0 Å². The van der Waals surface area contributed by atoms with Crippen LogP contribution >= 0.6 is 0 Å². The van der Waals surface area contributed by atoms with Gasteiger partial charge in [0.2, 0.25) is 0 Å². The van der Waals surface area contributed by atoms with Gasteiger partial charge in [0, 0.05) is 6.54 Å². The molecule has 0 spiro atoms. The summed E-state index contributed by atoms with van der Waals surface area (Å²) in [5.41, 5.74) is 1.45. The molecule has 3 heteroatoms. The zero-order valence-corrected chi connectivity index (χ0v) is 10.4. The van der Waals surface area contributed by atoms with Gasteiger partial charge >= 0.3 is 0 Å². The van der Waals surface area contributed by atoms with Gasteiger partial charge in [-0.05, 0) is 37.4 Å². The Balaban J connectivity index is 0.000000437. The number of rotatable bonds is 2. The molecule has 0 unspecified atom stereocenters. The number of carbonyl (C=O) groups is 1. The van der Waals surface area contributed by atoms with E-state index in [0.29, 0.717) is 0 Å². The lowest BCUT2D eigenvalue weighted by molar-refractivity contribution is -0.122. The van der Waals surface area contributed by atoms with Gasteiger partial charge in [0.05, 0.1) is 0 Å². The van der Waals surface area contributed by atoms with Crippen molar-refractivity contribution in [3.05, 3.63) is 35.9 Å². The second kappa shape index (κ2) is 7.85. The molecule has 0 aliphatic carbocycles. The molecule has 3 nitrogen and oxygen atoms in total. The maximum absolute atomic E-state index is 8.36. The fraction of sp³-hybridized carbons (Fsp3) is 0.500. The lowest BCUT2D eigenvalue weighted by atomic mass is 9.99. The van der Waals surface area contributed by atoms with E-state index in [9.17, 15) is 0 Å². The van der Waals surface area contributed by atoms with Gasteiger partial charge in [-0.25, -0.2) is 0 Å². The summed E-state index contributed by atoms with van der Waals surface area (Å²) in [6.07, 6.45) is 2.74. The molecule has 0 amide bonds. The minimum absolute atomic E-state index is 0.250. The summed E-state index contributed by atoms with van der Waals surface area (Å²) in [5.74, 6) is 0.932. The predicted molar refractivity (Wildman–Crippen MR) is 68.8 cm³/mol. The molecule has 1 heterocycles. The zero-order valence-electron chi connectivity index (χ0n) is 10.4. The molecule has 0 radical (unpaired) electrons. The van der Waals surface area contributed by atoms with Gasteiger partial charge in [0.15, 0.2) is 0 Å². The highest BCUT2D eigenvalue weighted by molar-refractivity contribution is 5.32. The second-order valence-electron chi connectivity index (χ2n) is 4.55. The van der Waals surface area contributed by atoms with Gasteiger partial charge in [-0.2, -0.15) is 0 Å². The number of carboxylic acid groups (broad SMARTS) is 1. The minimum Gasteiger partial charge on any atom is -0.483 e. The molecule has 0 saturated carbocycles. The van der Waals surface area contributed by atoms with Crippen LogP contribution in [0.1, 0.15) is 25.3 Å². The van der Waals surface area contributed by atoms with Crippen LogP contribution in [0.15, 0.2) is 30.3 Å². The van der Waals surface area contributed by atoms with Crippen molar-refractivity contribution in [3.63, 3.8) is 0 Å². The Kier molecular flexibility index (Phi) is 6.33. The largest absolute Gasteiger partial charge is 0.483 e. The molecule has 1 N–H and O–H groups in total. The van der Waals surface area contributed by atoms with Crippen LogP contribution in [0.5, 0.6) is 0 Å². The smallest absolute Gasteiger partial charge is 0.290 e. The van der Waals surface area contributed by atoms with Crippen molar-refractivity contribution in [1.82, 2.24) is 4.90 Å². The van der Waals surface area contributed by atoms with Crippen molar-refractivity contribution >= 4 is 6.47 Å². The van der Waals surface area contributed by atoms with Crippen LogP contribution in [-0.4, -0.2) is 29.6 Å². The van der Waals surface area contributed by atoms with E-state index >= 15 is 0 Å². The van der Waals surface area contributed by atoms with Crippen molar-refractivity contribution in [1.29, 1.82) is 0 Å². The highest BCUT2D eigenvalue weighted by Crippen LogP contribution is 2.17. The molecule has 1 aliphatic rings. The Hall–Kier alpha value is -1.35. The Bertz CT molecular complexity index is 305. The van der Waals surface area contributed by atoms with Crippen molar-refractivity contribution in [2.45, 2.75) is 26.3 Å². The SMILES string of the molecule is CC1CCN(Cc2ccccc2)CC1.O=CO. The minimum atomic E-state index is -0.250. The van der Waals surface area contributed by atoms with Gasteiger partial charge in [0.1, 0.15) is 0 Å². The number of nitrogens with zero attached hydrogens (tertiary/aromatic N) is 1. The average molecular weight is 235 g/mol. The number of piperidine rings is 1. The van der Waals surface area contributed by atoms with Crippen molar-refractivity contribution < 1.29 is 9.90 Å². The highest BCUT2D eigenvalue weighted by atomic mass is 16.3. The molecule has 0 bridgehead atoms. The molecule has 94 valence electrons. The predicted octanol–water partition coefficient (Wildman–Crippen LogP) is 2.62. The maximum Gasteiger partial charge on any atom is 0.290 e. The number of benzene rings is 1. The molecular weight excluding hydrogens is 214 g/mol. The van der Waals surface area contributed by atoms with Crippen LogP contribution in [-0.2, 0) is 11.3 Å². The first-order valence-electron chi connectivity index (χ1n) is 6.10. The van der Waals surface area contributed by atoms with Crippen molar-refractivity contribution in [3.8, 4) is 0 Å². The van der Waals surface area contributed by atoms with E-state index < -0.39 is 0 Å². The second-order valence-corrected chi connectivity index (χ2v) is 4.55. The highest BCUT2D eigenvalue weighted by Gasteiger charge is 2.15. The van der Waals surface area contributed by atoms with E-state index in [0.717, 1.165) is 12.5 Å². The molecule has 1 aromatic carbocycles. The summed E-state index contributed by atoms with van der Waals surface area (Å²) in [6, 6.07) is 10.8. The third kappa shape index (κ3) is 5.50. The van der Waals surface area contributed by atoms with E-state index in [-0.39, 0.29) is 6.47 Å². The Morgan fingerprint density at radius 2 is 1.82 bits per heavy atom. The van der Waals surface area contributed by atoms with Crippen molar-refractivity contribution in [2.24, 2.45) is 5.92 Å². The molecule has 1 aromatic rings. The van der Waals surface area contributed by atoms with E-state index in [2.05, 4.69) is 42.2 Å². The van der Waals surface area contributed by atoms with Crippen LogP contribution in [0.3, 0.4) is 0 Å². The average Bonchev–Trinajstić information content (AvgIpc) is 2.35. The van der Waals surface area contributed by atoms with E-state index in [1.54, 1.807) is 0 Å². The summed E-state index contributed by atoms with van der Waals surface area (Å²) in [5, 5.41) is 6.89. The summed E-state index contributed by atoms with van der Waals surface area (Å²) >= 11 is 0. The van der Waals surface area contributed by atoms with Gasteiger partial charge in [-0.3, -0.25) is 9.69 Å². The Morgan fingerprint density at radius 3 is 2.35 bits per heavy atom. The van der Waals surface area contributed by atoms with Crippen LogP contribution in [0, 0.1) is 5.92 Å². The lowest BCUT2D eigenvalue weighted by Crippen LogP contribution is -2.32. The lowest BCUT2D eigenvalue weighted by Gasteiger charge is -2.30. The molecule has 1 fully saturated rings. The van der Waals surface area contributed by atoms with E-state index in [4.69, 9.17) is 9.90 Å². The number of likely N-dealkylation sites (tertiary alicyclic amines) is 1. The summed E-state index contributed by atoms with van der Waals surface area (Å²) < 4.78 is 0. The molecular formula is C14H21NO2. The van der Waals surface area contributed by atoms with E-state index in [1.807, 2.05) is 0 Å². The molecule has 17 heavy (non-hydrogen) atoms. The quantitative estimate of drug-likeness (QED) is 0.801. The first kappa shape index (κ1) is 13.7. The topological polar surface area (TPSA) is 40.5 Å². The van der Waals surface area contributed by atoms with Gasteiger partial charge in [-0.1, -0.05) is 37.3 Å². The Morgan fingerprint density at radius 1 is 1.29 bits per heavy atom. The first-order chi connectivity index (χ1) is 8.26. The van der Waals surface area contributed by atoms with Crippen molar-refractivity contribution in [2.75, 3.05) is 13.1 Å². The first-order valence-corrected chi connectivity index (χ1v) is 6.10. The number of hydrogen-bond acceptors (Lipinski definition) is 2. The van der Waals surface area contributed by atoms with Gasteiger partial charge < -0.3 is 5.11 Å². The fourth-order valence-electron chi connectivity index (χ4n) is 2.06. The van der Waals surface area contributed by atoms with Gasteiger partial charge in [-0.15, -0.1) is 0 Å². The Labute approximate surface area is 103 Å². The summed E-state index contributed by atoms with van der Waals surface area (Å²) in [7, 11) is 0. The normalized spacial score (nSPS) is 17.0. The molecule has 0 aromatic heterocycles. The number of hydrogen-bond donors (Lipinski definition) is 1. The third-order valence-electron chi connectivity index (χ3n) is 3.13.